The summed E-state index contributed by atoms with van der Waals surface area (Å²) in [5.41, 5.74) is 0.131. The van der Waals surface area contributed by atoms with Gasteiger partial charge >= 0.3 is 5.69 Å². The molecule has 2 fully saturated rings. The fourth-order valence-electron chi connectivity index (χ4n) is 3.31. The molecular formula is C14H20N4O4. The molecule has 22 heavy (non-hydrogen) atoms. The van der Waals surface area contributed by atoms with E-state index in [9.17, 15) is 15.2 Å². The van der Waals surface area contributed by atoms with Gasteiger partial charge in [0, 0.05) is 37.9 Å². The lowest BCUT2D eigenvalue weighted by molar-refractivity contribution is -0.384. The molecule has 0 saturated carbocycles. The van der Waals surface area contributed by atoms with Crippen LogP contribution in [-0.2, 0) is 4.74 Å². The smallest absolute Gasteiger partial charge is 0.314 e. The van der Waals surface area contributed by atoms with E-state index in [1.165, 1.54) is 0 Å². The summed E-state index contributed by atoms with van der Waals surface area (Å²) < 4.78 is 5.54. The van der Waals surface area contributed by atoms with Crippen LogP contribution in [0.15, 0.2) is 12.3 Å². The molecule has 3 heterocycles. The highest BCUT2D eigenvalue weighted by Crippen LogP contribution is 2.33. The SMILES string of the molecule is Cc1ccnc(N2CCN3CCOCC3(CO)C2)c1[N+](=O)[O-]. The summed E-state index contributed by atoms with van der Waals surface area (Å²) in [4.78, 5) is 19.3. The van der Waals surface area contributed by atoms with Crippen molar-refractivity contribution in [2.45, 2.75) is 12.5 Å². The molecule has 1 N–H and O–H groups in total. The van der Waals surface area contributed by atoms with Crippen LogP contribution in [0.5, 0.6) is 0 Å². The van der Waals surface area contributed by atoms with Crippen molar-refractivity contribution < 1.29 is 14.8 Å². The molecule has 1 atom stereocenters. The molecule has 120 valence electrons. The first-order valence-corrected chi connectivity index (χ1v) is 7.36. The first-order chi connectivity index (χ1) is 10.6. The van der Waals surface area contributed by atoms with E-state index in [0.29, 0.717) is 37.7 Å². The molecule has 2 saturated heterocycles. The average Bonchev–Trinajstić information content (AvgIpc) is 2.53. The lowest BCUT2D eigenvalue weighted by atomic mass is 9.94. The Morgan fingerprint density at radius 2 is 2.32 bits per heavy atom. The molecule has 0 spiro atoms. The van der Waals surface area contributed by atoms with E-state index in [4.69, 9.17) is 4.74 Å². The van der Waals surface area contributed by atoms with Gasteiger partial charge in [0.2, 0.25) is 5.82 Å². The van der Waals surface area contributed by atoms with Crippen LogP contribution < -0.4 is 4.90 Å². The third-order valence-electron chi connectivity index (χ3n) is 4.56. The standard InChI is InChI=1S/C14H20N4O4/c1-11-2-3-15-13(12(11)18(20)21)16-4-5-17-6-7-22-10-14(17,8-16)9-19/h2-3,19H,4-10H2,1H3. The Balaban J connectivity index is 1.94. The van der Waals surface area contributed by atoms with Crippen LogP contribution in [0.25, 0.3) is 0 Å². The second kappa shape index (κ2) is 5.79. The van der Waals surface area contributed by atoms with Crippen LogP contribution in [0.4, 0.5) is 11.5 Å². The molecule has 2 aliphatic heterocycles. The lowest BCUT2D eigenvalue weighted by Gasteiger charge is -2.52. The monoisotopic (exact) mass is 308 g/mol. The highest BCUT2D eigenvalue weighted by molar-refractivity contribution is 5.62. The van der Waals surface area contributed by atoms with Gasteiger partial charge in [0.1, 0.15) is 0 Å². The number of anilines is 1. The van der Waals surface area contributed by atoms with Crippen LogP contribution in [0.3, 0.4) is 0 Å². The van der Waals surface area contributed by atoms with Crippen LogP contribution >= 0.6 is 0 Å². The highest BCUT2D eigenvalue weighted by atomic mass is 16.6. The number of aromatic nitrogens is 1. The first-order valence-electron chi connectivity index (χ1n) is 7.36. The molecule has 0 radical (unpaired) electrons. The normalized spacial score (nSPS) is 25.8. The van der Waals surface area contributed by atoms with E-state index >= 15 is 0 Å². The van der Waals surface area contributed by atoms with E-state index in [2.05, 4.69) is 9.88 Å². The van der Waals surface area contributed by atoms with Gasteiger partial charge in [-0.2, -0.15) is 0 Å². The maximum absolute atomic E-state index is 11.4. The maximum Gasteiger partial charge on any atom is 0.314 e. The minimum atomic E-state index is -0.504. The first kappa shape index (κ1) is 15.1. The Hall–Kier alpha value is -1.77. The number of nitrogens with zero attached hydrogens (tertiary/aromatic N) is 4. The molecule has 0 amide bonds. The second-order valence-electron chi connectivity index (χ2n) is 5.90. The second-order valence-corrected chi connectivity index (χ2v) is 5.90. The number of aliphatic hydroxyl groups excluding tert-OH is 1. The number of ether oxygens (including phenoxy) is 1. The Bertz CT molecular complexity index is 582. The van der Waals surface area contributed by atoms with Crippen molar-refractivity contribution in [1.29, 1.82) is 0 Å². The van der Waals surface area contributed by atoms with E-state index in [1.807, 2.05) is 4.90 Å². The molecular weight excluding hydrogens is 288 g/mol. The quantitative estimate of drug-likeness (QED) is 0.629. The van der Waals surface area contributed by atoms with Crippen molar-refractivity contribution in [2.24, 2.45) is 0 Å². The molecule has 3 rings (SSSR count). The van der Waals surface area contributed by atoms with Gasteiger partial charge in [-0.15, -0.1) is 0 Å². The zero-order chi connectivity index (χ0) is 15.7. The largest absolute Gasteiger partial charge is 0.394 e. The Morgan fingerprint density at radius 1 is 1.50 bits per heavy atom. The number of rotatable bonds is 3. The Kier molecular flexibility index (Phi) is 3.98. The van der Waals surface area contributed by atoms with Crippen LogP contribution in [0, 0.1) is 17.0 Å². The van der Waals surface area contributed by atoms with Gasteiger partial charge in [-0.05, 0) is 13.0 Å². The van der Waals surface area contributed by atoms with Crippen molar-refractivity contribution in [2.75, 3.05) is 50.9 Å². The van der Waals surface area contributed by atoms with Crippen molar-refractivity contribution in [3.63, 3.8) is 0 Å². The number of hydrogen-bond donors (Lipinski definition) is 1. The fraction of sp³-hybridized carbons (Fsp3) is 0.643. The van der Waals surface area contributed by atoms with E-state index in [0.717, 1.165) is 13.1 Å². The van der Waals surface area contributed by atoms with Gasteiger partial charge in [0.25, 0.3) is 0 Å². The van der Waals surface area contributed by atoms with Crippen molar-refractivity contribution in [1.82, 2.24) is 9.88 Å². The summed E-state index contributed by atoms with van der Waals surface area (Å²) in [5.74, 6) is 0.378. The van der Waals surface area contributed by atoms with Crippen LogP contribution in [0.2, 0.25) is 0 Å². The number of pyridine rings is 1. The molecule has 0 aromatic carbocycles. The maximum atomic E-state index is 11.4. The predicted molar refractivity (Wildman–Crippen MR) is 80.1 cm³/mol. The molecule has 1 aromatic rings. The zero-order valence-electron chi connectivity index (χ0n) is 12.6. The zero-order valence-corrected chi connectivity index (χ0v) is 12.6. The van der Waals surface area contributed by atoms with Crippen LogP contribution in [-0.4, -0.2) is 71.5 Å². The summed E-state index contributed by atoms with van der Waals surface area (Å²) in [6, 6.07) is 1.64. The van der Waals surface area contributed by atoms with E-state index < -0.39 is 5.54 Å². The average molecular weight is 308 g/mol. The molecule has 1 unspecified atom stereocenters. The minimum Gasteiger partial charge on any atom is -0.394 e. The highest BCUT2D eigenvalue weighted by Gasteiger charge is 2.45. The van der Waals surface area contributed by atoms with Gasteiger partial charge in [-0.25, -0.2) is 4.98 Å². The van der Waals surface area contributed by atoms with Crippen molar-refractivity contribution in [3.8, 4) is 0 Å². The summed E-state index contributed by atoms with van der Waals surface area (Å²) in [6.07, 6.45) is 1.59. The number of fused-ring (bicyclic) bond motifs is 1. The Labute approximate surface area is 128 Å². The number of hydrogen-bond acceptors (Lipinski definition) is 7. The van der Waals surface area contributed by atoms with Crippen molar-refractivity contribution in [3.05, 3.63) is 27.9 Å². The molecule has 1 aromatic heterocycles. The number of aliphatic hydroxyl groups is 1. The topological polar surface area (TPSA) is 92.0 Å². The lowest BCUT2D eigenvalue weighted by Crippen LogP contribution is -2.69. The molecule has 0 bridgehead atoms. The third-order valence-corrected chi connectivity index (χ3v) is 4.56. The third kappa shape index (κ3) is 2.43. The Morgan fingerprint density at radius 3 is 3.05 bits per heavy atom. The van der Waals surface area contributed by atoms with E-state index in [-0.39, 0.29) is 17.2 Å². The van der Waals surface area contributed by atoms with Gasteiger partial charge in [-0.3, -0.25) is 15.0 Å². The van der Waals surface area contributed by atoms with E-state index in [1.54, 1.807) is 19.2 Å². The van der Waals surface area contributed by atoms with Gasteiger partial charge in [-0.1, -0.05) is 0 Å². The number of piperazine rings is 1. The number of morpholine rings is 1. The molecule has 0 aliphatic carbocycles. The van der Waals surface area contributed by atoms with Crippen molar-refractivity contribution >= 4 is 11.5 Å². The van der Waals surface area contributed by atoms with Gasteiger partial charge in [0.15, 0.2) is 0 Å². The fourth-order valence-corrected chi connectivity index (χ4v) is 3.31. The van der Waals surface area contributed by atoms with Gasteiger partial charge in [0.05, 0.1) is 30.3 Å². The minimum absolute atomic E-state index is 0.0386. The number of aryl methyl sites for hydroxylation is 1. The summed E-state index contributed by atoms with van der Waals surface area (Å²) >= 11 is 0. The predicted octanol–water partition coefficient (Wildman–Crippen LogP) is 0.182. The summed E-state index contributed by atoms with van der Waals surface area (Å²) in [7, 11) is 0. The summed E-state index contributed by atoms with van der Waals surface area (Å²) in [6.45, 7) is 5.40. The molecule has 8 heteroatoms. The molecule has 2 aliphatic rings. The van der Waals surface area contributed by atoms with Gasteiger partial charge < -0.3 is 14.7 Å². The number of nitro groups is 1. The summed E-state index contributed by atoms with van der Waals surface area (Å²) in [5, 5.41) is 21.2. The van der Waals surface area contributed by atoms with Crippen LogP contribution in [0.1, 0.15) is 5.56 Å². The molecule has 8 nitrogen and oxygen atoms in total.